The smallest absolute Gasteiger partial charge is 0.292 e. The summed E-state index contributed by atoms with van der Waals surface area (Å²) in [4.78, 5) is 7.06. The van der Waals surface area contributed by atoms with Gasteiger partial charge in [-0.15, -0.1) is 0 Å². The van der Waals surface area contributed by atoms with Gasteiger partial charge in [-0.05, 0) is 53.5 Å². The van der Waals surface area contributed by atoms with Crippen LogP contribution in [-0.2, 0) is 15.6 Å². The quantitative estimate of drug-likeness (QED) is 0.297. The Morgan fingerprint density at radius 3 is 2.66 bits per heavy atom. The lowest BCUT2D eigenvalue weighted by molar-refractivity contribution is 0.433. The highest BCUT2D eigenvalue weighted by Gasteiger charge is 2.25. The molecule has 5 rings (SSSR count). The van der Waals surface area contributed by atoms with E-state index in [1.165, 1.54) is 18.5 Å². The first kappa shape index (κ1) is 23.1. The fraction of sp³-hybridized carbons (Fsp3) is 0.0455. The normalized spacial score (nSPS) is 11.7. The second kappa shape index (κ2) is 8.87. The van der Waals surface area contributed by atoms with Gasteiger partial charge in [0.25, 0.3) is 6.01 Å². The zero-order valence-corrected chi connectivity index (χ0v) is 19.8. The number of hydrogen-bond acceptors (Lipinski definition) is 9. The van der Waals surface area contributed by atoms with E-state index in [2.05, 4.69) is 14.3 Å². The van der Waals surface area contributed by atoms with Crippen LogP contribution in [0.1, 0.15) is 5.01 Å². The summed E-state index contributed by atoms with van der Waals surface area (Å²) in [6.07, 6.45) is 1.18. The predicted molar refractivity (Wildman–Crippen MR) is 126 cm³/mol. The average Bonchev–Trinajstić information content (AvgIpc) is 3.44. The molecule has 13 heteroatoms. The van der Waals surface area contributed by atoms with Crippen LogP contribution in [0.3, 0.4) is 0 Å². The number of hydrogen-bond donors (Lipinski definition) is 1. The summed E-state index contributed by atoms with van der Waals surface area (Å²) in [5, 5.41) is 0.527. The Hall–Kier alpha value is -3.61. The van der Waals surface area contributed by atoms with Crippen LogP contribution in [-0.4, -0.2) is 22.8 Å². The van der Waals surface area contributed by atoms with Gasteiger partial charge in [0.1, 0.15) is 39.1 Å². The second-order valence-electron chi connectivity index (χ2n) is 7.28. The van der Waals surface area contributed by atoms with Crippen LogP contribution < -0.4 is 10.5 Å². The van der Waals surface area contributed by atoms with Gasteiger partial charge in [0, 0.05) is 16.7 Å². The van der Waals surface area contributed by atoms with Crippen molar-refractivity contribution in [1.29, 1.82) is 0 Å². The minimum Gasteiger partial charge on any atom is -0.454 e. The monoisotopic (exact) mass is 534 g/mol. The van der Waals surface area contributed by atoms with Gasteiger partial charge in [-0.3, -0.25) is 0 Å². The third-order valence-electron chi connectivity index (χ3n) is 4.92. The summed E-state index contributed by atoms with van der Waals surface area (Å²) in [6, 6.07) is 10.9. The number of ether oxygens (including phenoxy) is 1. The summed E-state index contributed by atoms with van der Waals surface area (Å²) >= 11 is 7.01. The molecule has 0 aliphatic carbocycles. The van der Waals surface area contributed by atoms with E-state index in [4.69, 9.17) is 26.5 Å². The molecule has 0 unspecified atom stereocenters. The number of nitrogens with zero attached hydrogens (tertiary/aromatic N) is 3. The van der Waals surface area contributed by atoms with Crippen LogP contribution in [0, 0.1) is 11.6 Å². The van der Waals surface area contributed by atoms with Gasteiger partial charge in [0.05, 0.1) is 0 Å². The molecule has 2 aromatic heterocycles. The lowest BCUT2D eigenvalue weighted by atomic mass is 10.0. The van der Waals surface area contributed by atoms with Crippen molar-refractivity contribution < 1.29 is 26.4 Å². The van der Waals surface area contributed by atoms with Crippen LogP contribution in [0.15, 0.2) is 64.2 Å². The van der Waals surface area contributed by atoms with Gasteiger partial charge < -0.3 is 14.9 Å². The molecule has 5 aromatic rings. The molecule has 2 N–H and O–H groups in total. The Labute approximate surface area is 206 Å². The summed E-state index contributed by atoms with van der Waals surface area (Å²) in [5.74, 6) is -3.20. The first-order valence-electron chi connectivity index (χ1n) is 9.81. The molecule has 8 nitrogen and oxygen atoms in total. The molecule has 0 saturated carbocycles. The van der Waals surface area contributed by atoms with Crippen molar-refractivity contribution in [2.45, 2.75) is 10.6 Å². The van der Waals surface area contributed by atoms with E-state index in [1.807, 2.05) is 0 Å². The first-order valence-corrected chi connectivity index (χ1v) is 12.6. The maximum absolute atomic E-state index is 14.9. The van der Waals surface area contributed by atoms with Gasteiger partial charge in [0.15, 0.2) is 27.0 Å². The topological polar surface area (TPSA) is 121 Å². The fourth-order valence-electron chi connectivity index (χ4n) is 3.37. The number of nitrogen functional groups attached to an aromatic ring is 1. The van der Waals surface area contributed by atoms with Gasteiger partial charge in [-0.2, -0.15) is 9.36 Å². The van der Waals surface area contributed by atoms with E-state index in [1.54, 1.807) is 24.3 Å². The molecular weight excluding hydrogens is 522 g/mol. The van der Waals surface area contributed by atoms with Crippen LogP contribution >= 0.6 is 23.1 Å². The summed E-state index contributed by atoms with van der Waals surface area (Å²) in [6.45, 7) is 0. The van der Waals surface area contributed by atoms with Crippen molar-refractivity contribution in [3.8, 4) is 22.6 Å². The minimum absolute atomic E-state index is 0.00145. The largest absolute Gasteiger partial charge is 0.454 e. The van der Waals surface area contributed by atoms with Crippen molar-refractivity contribution in [3.05, 3.63) is 76.5 Å². The maximum atomic E-state index is 14.9. The van der Waals surface area contributed by atoms with Crippen molar-refractivity contribution in [2.75, 3.05) is 5.73 Å². The van der Waals surface area contributed by atoms with Crippen molar-refractivity contribution in [3.63, 3.8) is 0 Å². The Morgan fingerprint density at radius 1 is 1.06 bits per heavy atom. The van der Waals surface area contributed by atoms with Gasteiger partial charge in [-0.25, -0.2) is 22.2 Å². The number of halogens is 3. The highest BCUT2D eigenvalue weighted by atomic mass is 35.5. The van der Waals surface area contributed by atoms with Crippen LogP contribution in [0.2, 0.25) is 5.02 Å². The molecular formula is C22H13ClF2N4O4S2. The number of sulfone groups is 1. The molecule has 0 spiro atoms. The number of oxazole rings is 1. The van der Waals surface area contributed by atoms with Crippen LogP contribution in [0.5, 0.6) is 11.5 Å². The zero-order chi connectivity index (χ0) is 24.7. The summed E-state index contributed by atoms with van der Waals surface area (Å²) < 4.78 is 69.5. The number of fused-ring (bicyclic) bond motifs is 1. The number of benzene rings is 3. The standard InChI is InChI=1S/C22H13ClF2N4O4S2/c23-12-2-4-17(13(6-12)11-1-3-18-16(5-11)29-22(26)33-18)32-19-7-15(25)20(8-14(19)24)35(30,31)9-21-27-10-28-34-21/h1-8,10H,9H2,(H2,26,29). The van der Waals surface area contributed by atoms with E-state index >= 15 is 0 Å². The number of rotatable bonds is 6. The molecule has 0 amide bonds. The Balaban J connectivity index is 1.51. The second-order valence-corrected chi connectivity index (χ2v) is 10.5. The summed E-state index contributed by atoms with van der Waals surface area (Å²) in [5.41, 5.74) is 7.59. The van der Waals surface area contributed by atoms with Crippen LogP contribution in [0.4, 0.5) is 14.8 Å². The molecule has 0 radical (unpaired) electrons. The molecule has 0 atom stereocenters. The molecule has 0 fully saturated rings. The number of nitrogens with two attached hydrogens (primary N) is 1. The van der Waals surface area contributed by atoms with Crippen molar-refractivity contribution in [1.82, 2.24) is 14.3 Å². The number of aromatic nitrogens is 3. The molecule has 0 saturated heterocycles. The molecule has 2 heterocycles. The summed E-state index contributed by atoms with van der Waals surface area (Å²) in [7, 11) is -4.21. The molecule has 35 heavy (non-hydrogen) atoms. The third kappa shape index (κ3) is 4.67. The van der Waals surface area contributed by atoms with E-state index in [0.717, 1.165) is 11.5 Å². The van der Waals surface area contributed by atoms with Gasteiger partial charge in [0.2, 0.25) is 0 Å². The fourth-order valence-corrected chi connectivity index (χ4v) is 5.73. The first-order chi connectivity index (χ1) is 16.7. The van der Waals surface area contributed by atoms with Crippen molar-refractivity contribution in [2.24, 2.45) is 0 Å². The molecule has 3 aromatic carbocycles. The van der Waals surface area contributed by atoms with Crippen molar-refractivity contribution >= 4 is 50.1 Å². The van der Waals surface area contributed by atoms with Gasteiger partial charge >= 0.3 is 0 Å². The van der Waals surface area contributed by atoms with E-state index in [-0.39, 0.29) is 16.8 Å². The van der Waals surface area contributed by atoms with E-state index in [9.17, 15) is 17.2 Å². The lowest BCUT2D eigenvalue weighted by Gasteiger charge is -2.14. The Morgan fingerprint density at radius 2 is 1.89 bits per heavy atom. The number of anilines is 1. The Kier molecular flexibility index (Phi) is 5.87. The van der Waals surface area contributed by atoms with E-state index in [0.29, 0.717) is 39.4 Å². The van der Waals surface area contributed by atoms with Crippen LogP contribution in [0.25, 0.3) is 22.2 Å². The maximum Gasteiger partial charge on any atom is 0.292 e. The predicted octanol–water partition coefficient (Wildman–Crippen LogP) is 5.63. The highest BCUT2D eigenvalue weighted by Crippen LogP contribution is 2.38. The average molecular weight is 535 g/mol. The third-order valence-corrected chi connectivity index (χ3v) is 7.63. The molecule has 0 aliphatic rings. The van der Waals surface area contributed by atoms with E-state index < -0.39 is 37.9 Å². The SMILES string of the molecule is Nc1nc2cc(-c3cc(Cl)ccc3Oc3cc(F)c(S(=O)(=O)Cc4ncns4)cc3F)ccc2o1. The molecule has 0 bridgehead atoms. The zero-order valence-electron chi connectivity index (χ0n) is 17.4. The Bertz CT molecular complexity index is 1670. The molecule has 178 valence electrons. The minimum atomic E-state index is -4.21. The molecule has 0 aliphatic heterocycles. The highest BCUT2D eigenvalue weighted by molar-refractivity contribution is 7.90. The lowest BCUT2D eigenvalue weighted by Crippen LogP contribution is -2.08. The van der Waals surface area contributed by atoms with Gasteiger partial charge in [-0.1, -0.05) is 17.7 Å².